The van der Waals surface area contributed by atoms with Gasteiger partial charge < -0.3 is 4.74 Å². The van der Waals surface area contributed by atoms with E-state index in [0.717, 1.165) is 35.2 Å². The van der Waals surface area contributed by atoms with Crippen molar-refractivity contribution in [2.24, 2.45) is 0 Å². The summed E-state index contributed by atoms with van der Waals surface area (Å²) in [7, 11) is 1.73. The molecular formula is C13H14BrNOS. The van der Waals surface area contributed by atoms with Gasteiger partial charge in [-0.2, -0.15) is 0 Å². The van der Waals surface area contributed by atoms with E-state index in [9.17, 15) is 0 Å². The Kier molecular flexibility index (Phi) is 4.71. The Morgan fingerprint density at radius 3 is 2.94 bits per heavy atom. The van der Waals surface area contributed by atoms with Gasteiger partial charge in [0.15, 0.2) is 0 Å². The zero-order valence-electron chi connectivity index (χ0n) is 9.65. The molecule has 0 unspecified atom stereocenters. The minimum Gasteiger partial charge on any atom is -0.385 e. The highest BCUT2D eigenvalue weighted by molar-refractivity contribution is 9.10. The van der Waals surface area contributed by atoms with Crippen LogP contribution in [0.3, 0.4) is 0 Å². The van der Waals surface area contributed by atoms with Crippen molar-refractivity contribution < 1.29 is 4.74 Å². The van der Waals surface area contributed by atoms with Crippen LogP contribution >= 0.6 is 27.3 Å². The summed E-state index contributed by atoms with van der Waals surface area (Å²) in [5.41, 5.74) is 2.21. The van der Waals surface area contributed by atoms with E-state index in [1.54, 1.807) is 18.4 Å². The van der Waals surface area contributed by atoms with Crippen LogP contribution in [-0.2, 0) is 11.2 Å². The predicted octanol–water partition coefficient (Wildman–Crippen LogP) is 4.15. The van der Waals surface area contributed by atoms with E-state index in [0.29, 0.717) is 0 Å². The van der Waals surface area contributed by atoms with Crippen molar-refractivity contribution in [1.29, 1.82) is 0 Å². The Hall–Kier alpha value is -0.710. The van der Waals surface area contributed by atoms with Crippen LogP contribution in [0.5, 0.6) is 0 Å². The van der Waals surface area contributed by atoms with Gasteiger partial charge in [0.05, 0.1) is 10.7 Å². The van der Waals surface area contributed by atoms with E-state index < -0.39 is 0 Å². The first kappa shape index (κ1) is 12.7. The van der Waals surface area contributed by atoms with Gasteiger partial charge in [-0.05, 0) is 12.5 Å². The molecule has 0 aliphatic rings. The largest absolute Gasteiger partial charge is 0.385 e. The molecule has 0 atom stereocenters. The van der Waals surface area contributed by atoms with E-state index >= 15 is 0 Å². The fourth-order valence-electron chi connectivity index (χ4n) is 1.59. The number of thiazole rings is 1. The molecule has 0 spiro atoms. The molecule has 0 saturated heterocycles. The molecule has 0 aliphatic carbocycles. The first-order valence-electron chi connectivity index (χ1n) is 5.49. The minimum atomic E-state index is 0.796. The molecule has 0 N–H and O–H groups in total. The van der Waals surface area contributed by atoms with Gasteiger partial charge in [-0.15, -0.1) is 11.3 Å². The van der Waals surface area contributed by atoms with Crippen molar-refractivity contribution in [1.82, 2.24) is 4.98 Å². The highest BCUT2D eigenvalue weighted by atomic mass is 79.9. The van der Waals surface area contributed by atoms with Gasteiger partial charge in [0, 0.05) is 35.6 Å². The van der Waals surface area contributed by atoms with Crippen LogP contribution < -0.4 is 0 Å². The molecule has 1 heterocycles. The Bertz CT molecular complexity index is 484. The number of aryl methyl sites for hydroxylation is 1. The molecule has 4 heteroatoms. The maximum absolute atomic E-state index is 5.04. The second-order valence-electron chi connectivity index (χ2n) is 3.70. The maximum Gasteiger partial charge on any atom is 0.0933 e. The quantitative estimate of drug-likeness (QED) is 0.774. The van der Waals surface area contributed by atoms with Crippen molar-refractivity contribution >= 4 is 27.3 Å². The first-order chi connectivity index (χ1) is 8.31. The van der Waals surface area contributed by atoms with E-state index in [1.165, 1.54) is 5.01 Å². The number of hydrogen-bond acceptors (Lipinski definition) is 3. The number of benzene rings is 1. The zero-order valence-corrected chi connectivity index (χ0v) is 12.1. The fourth-order valence-corrected chi connectivity index (χ4v) is 2.91. The van der Waals surface area contributed by atoms with Gasteiger partial charge in [0.2, 0.25) is 0 Å². The number of halogens is 1. The number of aromatic nitrogens is 1. The Labute approximate surface area is 114 Å². The number of hydrogen-bond donors (Lipinski definition) is 0. The summed E-state index contributed by atoms with van der Waals surface area (Å²) < 4.78 is 6.13. The van der Waals surface area contributed by atoms with Gasteiger partial charge in [-0.3, -0.25) is 0 Å². The molecule has 0 saturated carbocycles. The Balaban J connectivity index is 2.10. The van der Waals surface area contributed by atoms with E-state index in [1.807, 2.05) is 18.2 Å². The molecule has 0 amide bonds. The molecule has 2 aromatic rings. The second-order valence-corrected chi connectivity index (χ2v) is 5.50. The number of nitrogens with zero attached hydrogens (tertiary/aromatic N) is 1. The summed E-state index contributed by atoms with van der Waals surface area (Å²) in [6, 6.07) is 8.17. The molecule has 0 fully saturated rings. The summed E-state index contributed by atoms with van der Waals surface area (Å²) in [6.45, 7) is 0.796. The van der Waals surface area contributed by atoms with Crippen molar-refractivity contribution in [3.05, 3.63) is 39.1 Å². The molecule has 0 bridgehead atoms. The molecule has 1 aromatic carbocycles. The van der Waals surface area contributed by atoms with E-state index in [-0.39, 0.29) is 0 Å². The molecule has 17 heavy (non-hydrogen) atoms. The minimum absolute atomic E-state index is 0.796. The lowest BCUT2D eigenvalue weighted by Gasteiger charge is -1.99. The van der Waals surface area contributed by atoms with Crippen LogP contribution in [-0.4, -0.2) is 18.7 Å². The van der Waals surface area contributed by atoms with Gasteiger partial charge in [0.1, 0.15) is 0 Å². The van der Waals surface area contributed by atoms with Crippen molar-refractivity contribution in [2.75, 3.05) is 13.7 Å². The Morgan fingerprint density at radius 2 is 2.18 bits per heavy atom. The summed E-state index contributed by atoms with van der Waals surface area (Å²) in [4.78, 5) is 4.65. The van der Waals surface area contributed by atoms with Gasteiger partial charge in [-0.25, -0.2) is 4.98 Å². The van der Waals surface area contributed by atoms with Crippen LogP contribution in [0.1, 0.15) is 11.4 Å². The van der Waals surface area contributed by atoms with Gasteiger partial charge in [0.25, 0.3) is 0 Å². The maximum atomic E-state index is 5.04. The van der Waals surface area contributed by atoms with Gasteiger partial charge in [-0.1, -0.05) is 34.1 Å². The third kappa shape index (κ3) is 3.37. The van der Waals surface area contributed by atoms with Crippen molar-refractivity contribution in [3.63, 3.8) is 0 Å². The van der Waals surface area contributed by atoms with Crippen LogP contribution in [0.2, 0.25) is 0 Å². The average Bonchev–Trinajstić information content (AvgIpc) is 2.79. The fraction of sp³-hybridized carbons (Fsp3) is 0.308. The lowest BCUT2D eigenvalue weighted by molar-refractivity contribution is 0.195. The third-order valence-electron chi connectivity index (χ3n) is 2.44. The third-order valence-corrected chi connectivity index (χ3v) is 4.04. The van der Waals surface area contributed by atoms with E-state index in [4.69, 9.17) is 4.74 Å². The summed E-state index contributed by atoms with van der Waals surface area (Å²) in [5, 5.41) is 3.29. The van der Waals surface area contributed by atoms with Crippen molar-refractivity contribution in [3.8, 4) is 11.3 Å². The topological polar surface area (TPSA) is 22.1 Å². The van der Waals surface area contributed by atoms with Crippen LogP contribution in [0.25, 0.3) is 11.3 Å². The second kappa shape index (κ2) is 6.28. The van der Waals surface area contributed by atoms with Crippen LogP contribution in [0.4, 0.5) is 0 Å². The highest BCUT2D eigenvalue weighted by Gasteiger charge is 2.07. The van der Waals surface area contributed by atoms with Crippen LogP contribution in [0, 0.1) is 0 Å². The molecule has 1 aromatic heterocycles. The highest BCUT2D eigenvalue weighted by Crippen LogP contribution is 2.29. The van der Waals surface area contributed by atoms with E-state index in [2.05, 4.69) is 32.4 Å². The SMILES string of the molecule is COCCCc1nc(-c2ccccc2Br)cs1. The lowest BCUT2D eigenvalue weighted by Crippen LogP contribution is -1.92. The molecule has 2 nitrogen and oxygen atoms in total. The smallest absolute Gasteiger partial charge is 0.0933 e. The molecule has 0 aliphatic heterocycles. The monoisotopic (exact) mass is 311 g/mol. The standard InChI is InChI=1S/C13H14BrNOS/c1-16-8-4-7-13-15-12(9-17-13)10-5-2-3-6-11(10)14/h2-3,5-6,9H,4,7-8H2,1H3. The normalized spacial score (nSPS) is 10.7. The van der Waals surface area contributed by atoms with Crippen molar-refractivity contribution in [2.45, 2.75) is 12.8 Å². The van der Waals surface area contributed by atoms with Gasteiger partial charge >= 0.3 is 0 Å². The molecule has 90 valence electrons. The Morgan fingerprint density at radius 1 is 1.35 bits per heavy atom. The summed E-state index contributed by atoms with van der Waals surface area (Å²) in [5.74, 6) is 0. The van der Waals surface area contributed by atoms with Crippen LogP contribution in [0.15, 0.2) is 34.1 Å². The summed E-state index contributed by atoms with van der Waals surface area (Å²) in [6.07, 6.45) is 2.02. The number of methoxy groups -OCH3 is 1. The first-order valence-corrected chi connectivity index (χ1v) is 7.17. The molecular weight excluding hydrogens is 298 g/mol. The summed E-state index contributed by atoms with van der Waals surface area (Å²) >= 11 is 5.27. The number of rotatable bonds is 5. The lowest BCUT2D eigenvalue weighted by atomic mass is 10.2. The molecule has 0 radical (unpaired) electrons. The average molecular weight is 312 g/mol. The zero-order chi connectivity index (χ0) is 12.1. The molecule has 2 rings (SSSR count). The number of ether oxygens (including phenoxy) is 1. The predicted molar refractivity (Wildman–Crippen MR) is 75.4 cm³/mol.